The van der Waals surface area contributed by atoms with Crippen molar-refractivity contribution in [2.45, 2.75) is 6.92 Å². The summed E-state index contributed by atoms with van der Waals surface area (Å²) in [4.78, 5) is 25.9. The topological polar surface area (TPSA) is 57.6 Å². The lowest BCUT2D eigenvalue weighted by Gasteiger charge is -2.17. The van der Waals surface area contributed by atoms with Crippen LogP contribution in [0.15, 0.2) is 65.6 Å². The molecule has 0 radical (unpaired) electrons. The predicted octanol–water partition coefficient (Wildman–Crippen LogP) is 4.66. The predicted molar refractivity (Wildman–Crippen MR) is 109 cm³/mol. The second kappa shape index (κ2) is 7.68. The Morgan fingerprint density at radius 3 is 2.62 bits per heavy atom. The van der Waals surface area contributed by atoms with Gasteiger partial charge in [0.15, 0.2) is 4.32 Å². The van der Waals surface area contributed by atoms with Gasteiger partial charge in [0.1, 0.15) is 0 Å². The van der Waals surface area contributed by atoms with E-state index in [1.165, 1.54) is 28.8 Å². The number of rotatable bonds is 4. The molecule has 0 atom stereocenters. The van der Waals surface area contributed by atoms with Gasteiger partial charge in [0.25, 0.3) is 5.91 Å². The third-order valence-electron chi connectivity index (χ3n) is 3.83. The number of carbonyl (C=O) groups excluding carboxylic acids is 1. The van der Waals surface area contributed by atoms with Crippen LogP contribution in [0.2, 0.25) is 0 Å². The minimum Gasteiger partial charge on any atom is -0.478 e. The zero-order chi connectivity index (χ0) is 18.7. The van der Waals surface area contributed by atoms with E-state index in [2.05, 4.69) is 0 Å². The molecule has 2 aromatic carbocycles. The third-order valence-corrected chi connectivity index (χ3v) is 5.15. The average Bonchev–Trinajstić information content (AvgIpc) is 2.90. The Balaban J connectivity index is 1.88. The average molecular weight is 381 g/mol. The number of hydrogen-bond donors (Lipinski definition) is 1. The highest BCUT2D eigenvalue weighted by Crippen LogP contribution is 2.36. The maximum atomic E-state index is 12.8. The smallest absolute Gasteiger partial charge is 0.335 e. The van der Waals surface area contributed by atoms with E-state index in [9.17, 15) is 14.7 Å². The van der Waals surface area contributed by atoms with Crippen LogP contribution in [-0.2, 0) is 4.79 Å². The van der Waals surface area contributed by atoms with Gasteiger partial charge in [-0.05, 0) is 36.3 Å². The summed E-state index contributed by atoms with van der Waals surface area (Å²) in [6, 6.07) is 14.4. The van der Waals surface area contributed by atoms with Crippen molar-refractivity contribution in [2.75, 3.05) is 4.90 Å². The molecule has 26 heavy (non-hydrogen) atoms. The number of aromatic carboxylic acids is 1. The number of amides is 1. The summed E-state index contributed by atoms with van der Waals surface area (Å²) in [5, 5.41) is 9.19. The van der Waals surface area contributed by atoms with Crippen molar-refractivity contribution in [3.05, 3.63) is 82.3 Å². The third kappa shape index (κ3) is 3.76. The summed E-state index contributed by atoms with van der Waals surface area (Å²) in [6.07, 6.45) is 5.44. The summed E-state index contributed by atoms with van der Waals surface area (Å²) in [7, 11) is 0. The number of carboxylic acids is 1. The van der Waals surface area contributed by atoms with E-state index in [1.807, 2.05) is 49.4 Å². The van der Waals surface area contributed by atoms with Crippen LogP contribution in [0.5, 0.6) is 0 Å². The lowest BCUT2D eigenvalue weighted by molar-refractivity contribution is -0.113. The van der Waals surface area contributed by atoms with Crippen LogP contribution >= 0.6 is 24.0 Å². The van der Waals surface area contributed by atoms with Crippen molar-refractivity contribution in [3.8, 4) is 0 Å². The summed E-state index contributed by atoms with van der Waals surface area (Å²) < 4.78 is 0.389. The number of aryl methyl sites for hydroxylation is 1. The van der Waals surface area contributed by atoms with Gasteiger partial charge in [-0.25, -0.2) is 4.79 Å². The van der Waals surface area contributed by atoms with Crippen molar-refractivity contribution in [3.63, 3.8) is 0 Å². The number of anilines is 1. The van der Waals surface area contributed by atoms with E-state index in [-0.39, 0.29) is 11.5 Å². The zero-order valence-corrected chi connectivity index (χ0v) is 15.5. The first-order valence-electron chi connectivity index (χ1n) is 7.81. The Hall–Kier alpha value is -2.70. The standard InChI is InChI=1S/C20H15NO3S2/c1-13-10-11-15(19(23)24)12-16(13)21-18(22)17(26-20(21)25)9-5-8-14-6-3-2-4-7-14/h2-12H,1H3,(H,23,24). The molecule has 6 heteroatoms. The number of benzene rings is 2. The lowest BCUT2D eigenvalue weighted by atomic mass is 10.1. The van der Waals surface area contributed by atoms with Gasteiger partial charge in [0.05, 0.1) is 16.2 Å². The van der Waals surface area contributed by atoms with Crippen LogP contribution in [0, 0.1) is 6.92 Å². The van der Waals surface area contributed by atoms with E-state index in [0.717, 1.165) is 11.1 Å². The van der Waals surface area contributed by atoms with Crippen LogP contribution in [0.1, 0.15) is 21.5 Å². The molecule has 1 aliphatic heterocycles. The normalized spacial score (nSPS) is 16.0. The Labute approximate surface area is 160 Å². The summed E-state index contributed by atoms with van der Waals surface area (Å²) in [5.41, 5.74) is 2.44. The largest absolute Gasteiger partial charge is 0.478 e. The molecule has 0 saturated carbocycles. The lowest BCUT2D eigenvalue weighted by Crippen LogP contribution is -2.28. The van der Waals surface area contributed by atoms with Crippen LogP contribution in [0.25, 0.3) is 6.08 Å². The number of thiocarbonyl (C=S) groups is 1. The molecule has 1 N–H and O–H groups in total. The Bertz CT molecular complexity index is 949. The maximum absolute atomic E-state index is 12.8. The zero-order valence-electron chi connectivity index (χ0n) is 13.9. The number of hydrogen-bond acceptors (Lipinski definition) is 4. The first kappa shape index (κ1) is 18.1. The highest BCUT2D eigenvalue weighted by Gasteiger charge is 2.34. The molecule has 1 amide bonds. The first-order chi connectivity index (χ1) is 12.5. The molecule has 1 fully saturated rings. The van der Waals surface area contributed by atoms with E-state index in [0.29, 0.717) is 14.9 Å². The molecule has 130 valence electrons. The molecule has 0 bridgehead atoms. The monoisotopic (exact) mass is 381 g/mol. The number of carbonyl (C=O) groups is 2. The molecule has 1 saturated heterocycles. The SMILES string of the molecule is Cc1ccc(C(=O)O)cc1N1C(=O)C(=CC=Cc2ccccc2)SC1=S. The Morgan fingerprint density at radius 1 is 1.19 bits per heavy atom. The molecule has 0 unspecified atom stereocenters. The highest BCUT2D eigenvalue weighted by molar-refractivity contribution is 8.27. The quantitative estimate of drug-likeness (QED) is 0.617. The minimum absolute atomic E-state index is 0.118. The van der Waals surface area contributed by atoms with E-state index in [1.54, 1.807) is 12.1 Å². The maximum Gasteiger partial charge on any atom is 0.335 e. The fourth-order valence-electron chi connectivity index (χ4n) is 2.48. The van der Waals surface area contributed by atoms with Crippen LogP contribution in [-0.4, -0.2) is 21.3 Å². The molecular formula is C20H15NO3S2. The molecule has 2 aromatic rings. The number of thioether (sulfide) groups is 1. The van der Waals surface area contributed by atoms with Gasteiger partial charge in [0, 0.05) is 0 Å². The van der Waals surface area contributed by atoms with Crippen molar-refractivity contribution in [1.82, 2.24) is 0 Å². The van der Waals surface area contributed by atoms with Gasteiger partial charge < -0.3 is 5.11 Å². The van der Waals surface area contributed by atoms with Crippen LogP contribution in [0.3, 0.4) is 0 Å². The second-order valence-corrected chi connectivity index (χ2v) is 7.29. The number of allylic oxidation sites excluding steroid dienone is 2. The second-order valence-electron chi connectivity index (χ2n) is 5.62. The van der Waals surface area contributed by atoms with Gasteiger partial charge in [-0.2, -0.15) is 0 Å². The highest BCUT2D eigenvalue weighted by atomic mass is 32.2. The van der Waals surface area contributed by atoms with Crippen molar-refractivity contribution in [1.29, 1.82) is 0 Å². The van der Waals surface area contributed by atoms with Gasteiger partial charge in [-0.1, -0.05) is 72.5 Å². The van der Waals surface area contributed by atoms with Crippen LogP contribution < -0.4 is 4.90 Å². The fourth-order valence-corrected chi connectivity index (χ4v) is 3.72. The van der Waals surface area contributed by atoms with Crippen molar-refractivity contribution in [2.24, 2.45) is 0 Å². The summed E-state index contributed by atoms with van der Waals surface area (Å²) in [6.45, 7) is 1.82. The van der Waals surface area contributed by atoms with E-state index in [4.69, 9.17) is 12.2 Å². The molecule has 3 rings (SSSR count). The minimum atomic E-state index is -1.04. The summed E-state index contributed by atoms with van der Waals surface area (Å²) >= 11 is 6.55. The van der Waals surface area contributed by atoms with Crippen LogP contribution in [0.4, 0.5) is 5.69 Å². The molecule has 1 aliphatic rings. The van der Waals surface area contributed by atoms with Gasteiger partial charge in [0.2, 0.25) is 0 Å². The molecule has 0 aromatic heterocycles. The number of nitrogens with zero attached hydrogens (tertiary/aromatic N) is 1. The van der Waals surface area contributed by atoms with E-state index >= 15 is 0 Å². The fraction of sp³-hybridized carbons (Fsp3) is 0.0500. The van der Waals surface area contributed by atoms with Crippen molar-refractivity contribution < 1.29 is 14.7 Å². The first-order valence-corrected chi connectivity index (χ1v) is 9.03. The van der Waals surface area contributed by atoms with Gasteiger partial charge >= 0.3 is 5.97 Å². The number of carboxylic acid groups (broad SMARTS) is 1. The van der Waals surface area contributed by atoms with Gasteiger partial charge in [-0.15, -0.1) is 0 Å². The molecule has 4 nitrogen and oxygen atoms in total. The molecular weight excluding hydrogens is 366 g/mol. The van der Waals surface area contributed by atoms with Crippen molar-refractivity contribution >= 4 is 51.9 Å². The molecule has 1 heterocycles. The molecule has 0 aliphatic carbocycles. The van der Waals surface area contributed by atoms with E-state index < -0.39 is 5.97 Å². The Kier molecular flexibility index (Phi) is 5.35. The van der Waals surface area contributed by atoms with Gasteiger partial charge in [-0.3, -0.25) is 9.69 Å². The molecule has 0 spiro atoms. The Morgan fingerprint density at radius 2 is 1.92 bits per heavy atom. The summed E-state index contributed by atoms with van der Waals surface area (Å²) in [5.74, 6) is -1.29.